The molecule has 0 N–H and O–H groups in total. The molecule has 0 spiro atoms. The van der Waals surface area contributed by atoms with E-state index < -0.39 is 0 Å². The number of halogens is 1. The Morgan fingerprint density at radius 2 is 1.78 bits per heavy atom. The van der Waals surface area contributed by atoms with Gasteiger partial charge >= 0.3 is 0 Å². The fourth-order valence-electron chi connectivity index (χ4n) is 2.40. The molecule has 0 aliphatic carbocycles. The zero-order chi connectivity index (χ0) is 16.4. The Hall–Kier alpha value is -2.27. The topological polar surface area (TPSA) is 40.6 Å². The molecule has 0 unspecified atom stereocenters. The third-order valence-electron chi connectivity index (χ3n) is 3.57. The number of benzene rings is 2. The number of hydrogen-bond donors (Lipinski definition) is 0. The SMILES string of the molecule is COc1ccc2c(Oc3ccc(Br)c(C)c3)ccnc2c1OC. The van der Waals surface area contributed by atoms with Crippen LogP contribution in [0.1, 0.15) is 5.56 Å². The number of methoxy groups -OCH3 is 2. The van der Waals surface area contributed by atoms with Crippen LogP contribution < -0.4 is 14.2 Å². The number of ether oxygens (including phenoxy) is 3. The normalized spacial score (nSPS) is 10.6. The van der Waals surface area contributed by atoms with Gasteiger partial charge in [0.15, 0.2) is 11.5 Å². The van der Waals surface area contributed by atoms with Crippen molar-refractivity contribution in [2.24, 2.45) is 0 Å². The Morgan fingerprint density at radius 1 is 0.957 bits per heavy atom. The lowest BCUT2D eigenvalue weighted by molar-refractivity contribution is 0.358. The summed E-state index contributed by atoms with van der Waals surface area (Å²) in [6.07, 6.45) is 1.70. The molecule has 2 aromatic carbocycles. The lowest BCUT2D eigenvalue weighted by Gasteiger charge is -2.13. The first-order chi connectivity index (χ1) is 11.1. The molecule has 0 atom stereocenters. The minimum Gasteiger partial charge on any atom is -0.493 e. The van der Waals surface area contributed by atoms with Crippen molar-refractivity contribution < 1.29 is 14.2 Å². The van der Waals surface area contributed by atoms with Gasteiger partial charge in [-0.05, 0) is 48.9 Å². The average Bonchev–Trinajstić information content (AvgIpc) is 2.57. The van der Waals surface area contributed by atoms with Gasteiger partial charge in [-0.15, -0.1) is 0 Å². The van der Waals surface area contributed by atoms with Gasteiger partial charge < -0.3 is 14.2 Å². The molecule has 0 amide bonds. The molecular weight excluding hydrogens is 358 g/mol. The Kier molecular flexibility index (Phi) is 4.39. The molecule has 0 radical (unpaired) electrons. The number of hydrogen-bond acceptors (Lipinski definition) is 4. The molecule has 23 heavy (non-hydrogen) atoms. The monoisotopic (exact) mass is 373 g/mol. The van der Waals surface area contributed by atoms with Gasteiger partial charge in [0.1, 0.15) is 17.0 Å². The van der Waals surface area contributed by atoms with Gasteiger partial charge in [-0.2, -0.15) is 0 Å². The Balaban J connectivity index is 2.09. The summed E-state index contributed by atoms with van der Waals surface area (Å²) in [5, 5.41) is 0.866. The van der Waals surface area contributed by atoms with Gasteiger partial charge in [0.2, 0.25) is 0 Å². The van der Waals surface area contributed by atoms with E-state index in [2.05, 4.69) is 20.9 Å². The van der Waals surface area contributed by atoms with E-state index >= 15 is 0 Å². The van der Waals surface area contributed by atoms with E-state index in [-0.39, 0.29) is 0 Å². The predicted molar refractivity (Wildman–Crippen MR) is 93.8 cm³/mol. The summed E-state index contributed by atoms with van der Waals surface area (Å²) in [6.45, 7) is 2.02. The van der Waals surface area contributed by atoms with Crippen molar-refractivity contribution >= 4 is 26.8 Å². The number of fused-ring (bicyclic) bond motifs is 1. The standard InChI is InChI=1S/C18H16BrNO3/c1-11-10-12(4-6-14(11)19)23-15-8-9-20-17-13(15)5-7-16(21-2)18(17)22-3/h4-10H,1-3H3. The number of rotatable bonds is 4. The van der Waals surface area contributed by atoms with E-state index in [0.29, 0.717) is 17.0 Å². The third-order valence-corrected chi connectivity index (χ3v) is 4.46. The molecule has 4 nitrogen and oxygen atoms in total. The van der Waals surface area contributed by atoms with Crippen LogP contribution in [0.5, 0.6) is 23.0 Å². The van der Waals surface area contributed by atoms with Crippen molar-refractivity contribution in [3.05, 3.63) is 52.6 Å². The van der Waals surface area contributed by atoms with E-state index in [1.165, 1.54) is 0 Å². The van der Waals surface area contributed by atoms with Crippen LogP contribution in [0.4, 0.5) is 0 Å². The van der Waals surface area contributed by atoms with Gasteiger partial charge in [0, 0.05) is 16.1 Å². The Morgan fingerprint density at radius 3 is 2.48 bits per heavy atom. The molecule has 0 aliphatic rings. The van der Waals surface area contributed by atoms with E-state index in [1.807, 2.05) is 43.3 Å². The third kappa shape index (κ3) is 2.97. The summed E-state index contributed by atoms with van der Waals surface area (Å²) in [7, 11) is 3.21. The van der Waals surface area contributed by atoms with E-state index in [9.17, 15) is 0 Å². The molecule has 1 heterocycles. The summed E-state index contributed by atoms with van der Waals surface area (Å²) >= 11 is 3.49. The smallest absolute Gasteiger partial charge is 0.187 e. The summed E-state index contributed by atoms with van der Waals surface area (Å²) in [4.78, 5) is 4.40. The highest BCUT2D eigenvalue weighted by Gasteiger charge is 2.13. The van der Waals surface area contributed by atoms with Crippen molar-refractivity contribution in [2.75, 3.05) is 14.2 Å². The highest BCUT2D eigenvalue weighted by molar-refractivity contribution is 9.10. The fraction of sp³-hybridized carbons (Fsp3) is 0.167. The largest absolute Gasteiger partial charge is 0.493 e. The zero-order valence-corrected chi connectivity index (χ0v) is 14.7. The molecule has 0 fully saturated rings. The average molecular weight is 374 g/mol. The first-order valence-electron chi connectivity index (χ1n) is 7.07. The molecule has 3 aromatic rings. The van der Waals surface area contributed by atoms with E-state index in [0.717, 1.165) is 26.9 Å². The molecule has 0 bridgehead atoms. The molecule has 5 heteroatoms. The van der Waals surface area contributed by atoms with Crippen LogP contribution in [0.25, 0.3) is 10.9 Å². The molecule has 0 saturated carbocycles. The summed E-state index contributed by atoms with van der Waals surface area (Å²) in [5.74, 6) is 2.73. The minimum atomic E-state index is 0.599. The Bertz CT molecular complexity index is 864. The maximum absolute atomic E-state index is 6.04. The number of nitrogens with zero attached hydrogens (tertiary/aromatic N) is 1. The van der Waals surface area contributed by atoms with Gasteiger partial charge in [-0.3, -0.25) is 4.98 Å². The van der Waals surface area contributed by atoms with Crippen molar-refractivity contribution in [3.8, 4) is 23.0 Å². The van der Waals surface area contributed by atoms with Crippen molar-refractivity contribution in [3.63, 3.8) is 0 Å². The molecule has 118 valence electrons. The van der Waals surface area contributed by atoms with E-state index in [4.69, 9.17) is 14.2 Å². The van der Waals surface area contributed by atoms with Crippen molar-refractivity contribution in [2.45, 2.75) is 6.92 Å². The summed E-state index contributed by atoms with van der Waals surface area (Å²) in [5.41, 5.74) is 1.82. The lowest BCUT2D eigenvalue weighted by atomic mass is 10.1. The number of aryl methyl sites for hydroxylation is 1. The second-order valence-corrected chi connectivity index (χ2v) is 5.87. The quantitative estimate of drug-likeness (QED) is 0.636. The van der Waals surface area contributed by atoms with Crippen LogP contribution in [0.2, 0.25) is 0 Å². The first-order valence-corrected chi connectivity index (χ1v) is 7.87. The predicted octanol–water partition coefficient (Wildman–Crippen LogP) is 5.12. The van der Waals surface area contributed by atoms with Gasteiger partial charge in [0.05, 0.1) is 14.2 Å². The van der Waals surface area contributed by atoms with Crippen LogP contribution in [0, 0.1) is 6.92 Å². The van der Waals surface area contributed by atoms with Crippen molar-refractivity contribution in [1.29, 1.82) is 0 Å². The molecule has 0 saturated heterocycles. The van der Waals surface area contributed by atoms with Crippen LogP contribution in [0.15, 0.2) is 47.1 Å². The van der Waals surface area contributed by atoms with Gasteiger partial charge in [-0.25, -0.2) is 0 Å². The Labute approximate surface area is 143 Å². The fourth-order valence-corrected chi connectivity index (χ4v) is 2.65. The minimum absolute atomic E-state index is 0.599. The maximum atomic E-state index is 6.04. The lowest BCUT2D eigenvalue weighted by Crippen LogP contribution is -1.94. The molecule has 0 aliphatic heterocycles. The maximum Gasteiger partial charge on any atom is 0.187 e. The molecular formula is C18H16BrNO3. The second kappa shape index (κ2) is 6.46. The van der Waals surface area contributed by atoms with Gasteiger partial charge in [0.25, 0.3) is 0 Å². The summed E-state index contributed by atoms with van der Waals surface area (Å²) in [6, 6.07) is 11.5. The highest BCUT2D eigenvalue weighted by Crippen LogP contribution is 2.39. The second-order valence-electron chi connectivity index (χ2n) is 5.02. The van der Waals surface area contributed by atoms with Crippen LogP contribution in [-0.4, -0.2) is 19.2 Å². The molecule has 1 aromatic heterocycles. The number of aromatic nitrogens is 1. The summed E-state index contributed by atoms with van der Waals surface area (Å²) < 4.78 is 17.9. The zero-order valence-electron chi connectivity index (χ0n) is 13.1. The van der Waals surface area contributed by atoms with Crippen molar-refractivity contribution in [1.82, 2.24) is 4.98 Å². The number of pyridine rings is 1. The van der Waals surface area contributed by atoms with Crippen LogP contribution in [0.3, 0.4) is 0 Å². The van der Waals surface area contributed by atoms with Crippen LogP contribution in [-0.2, 0) is 0 Å². The van der Waals surface area contributed by atoms with Gasteiger partial charge in [-0.1, -0.05) is 15.9 Å². The van der Waals surface area contributed by atoms with Crippen LogP contribution >= 0.6 is 15.9 Å². The molecule has 3 rings (SSSR count). The first kappa shape index (κ1) is 15.6. The van der Waals surface area contributed by atoms with E-state index in [1.54, 1.807) is 20.4 Å². The highest BCUT2D eigenvalue weighted by atomic mass is 79.9.